The van der Waals surface area contributed by atoms with E-state index < -0.39 is 24.3 Å². The predicted octanol–water partition coefficient (Wildman–Crippen LogP) is 8.00. The van der Waals surface area contributed by atoms with Crippen molar-refractivity contribution in [2.45, 2.75) is 84.6 Å². The number of rotatable bonds is 10. The molecule has 2 aromatic carbocycles. The van der Waals surface area contributed by atoms with Crippen molar-refractivity contribution in [1.82, 2.24) is 4.98 Å². The average molecular weight is 593 g/mol. The lowest BCUT2D eigenvalue weighted by Gasteiger charge is -2.49. The first kappa shape index (κ1) is 30.9. The molecule has 1 saturated carbocycles. The molecule has 1 atom stereocenters. The van der Waals surface area contributed by atoms with Crippen LogP contribution in [0.5, 0.6) is 5.75 Å². The zero-order valence-electron chi connectivity index (χ0n) is 25.6. The van der Waals surface area contributed by atoms with Crippen LogP contribution < -0.4 is 9.64 Å². The summed E-state index contributed by atoms with van der Waals surface area (Å²) in [7, 11) is 0. The fourth-order valence-corrected chi connectivity index (χ4v) is 6.43. The number of aromatic nitrogens is 1. The van der Waals surface area contributed by atoms with Crippen LogP contribution in [0.15, 0.2) is 48.5 Å². The van der Waals surface area contributed by atoms with E-state index in [-0.39, 0.29) is 11.5 Å². The summed E-state index contributed by atoms with van der Waals surface area (Å²) in [5, 5.41) is 10.4. The number of aliphatic carboxylic acids is 1. The quantitative estimate of drug-likeness (QED) is 0.257. The predicted molar refractivity (Wildman–Crippen MR) is 164 cm³/mol. The average Bonchev–Trinajstić information content (AvgIpc) is 2.96. The summed E-state index contributed by atoms with van der Waals surface area (Å²) < 4.78 is 40.0. The van der Waals surface area contributed by atoms with Crippen LogP contribution in [-0.2, 0) is 22.6 Å². The van der Waals surface area contributed by atoms with Gasteiger partial charge in [-0.05, 0) is 94.2 Å². The van der Waals surface area contributed by atoms with Crippen LogP contribution in [0, 0.1) is 18.2 Å². The highest BCUT2D eigenvalue weighted by atomic mass is 19.1. The molecule has 2 fully saturated rings. The van der Waals surface area contributed by atoms with Crippen LogP contribution >= 0.6 is 0 Å². The number of nitrogens with zero attached hydrogens (tertiary/aromatic N) is 2. The number of carbonyl (C=O) groups is 1. The van der Waals surface area contributed by atoms with E-state index in [1.165, 1.54) is 31.4 Å². The topological polar surface area (TPSA) is 71.9 Å². The maximum absolute atomic E-state index is 14.7. The lowest BCUT2D eigenvalue weighted by molar-refractivity contribution is -0.160. The number of anilines is 1. The second-order valence-electron chi connectivity index (χ2n) is 13.0. The Morgan fingerprint density at radius 1 is 1.05 bits per heavy atom. The molecule has 2 aliphatic rings. The van der Waals surface area contributed by atoms with E-state index >= 15 is 0 Å². The molecule has 1 aromatic heterocycles. The van der Waals surface area contributed by atoms with E-state index in [4.69, 9.17) is 9.47 Å². The number of carboxylic acid groups (broad SMARTS) is 1. The van der Waals surface area contributed by atoms with Gasteiger partial charge in [-0.2, -0.15) is 0 Å². The van der Waals surface area contributed by atoms with E-state index in [9.17, 15) is 18.7 Å². The number of ether oxygens (including phenoxy) is 2. The van der Waals surface area contributed by atoms with Crippen LogP contribution in [0.2, 0.25) is 0 Å². The Labute approximate surface area is 253 Å². The van der Waals surface area contributed by atoms with Gasteiger partial charge in [0.25, 0.3) is 0 Å². The Morgan fingerprint density at radius 2 is 1.70 bits per heavy atom. The monoisotopic (exact) mass is 592 g/mol. The number of aryl methyl sites for hydroxylation is 1. The largest absolute Gasteiger partial charge is 0.493 e. The molecular weight excluding hydrogens is 550 g/mol. The Morgan fingerprint density at radius 3 is 2.23 bits per heavy atom. The normalized spacial score (nSPS) is 17.0. The van der Waals surface area contributed by atoms with Crippen LogP contribution in [0.25, 0.3) is 11.1 Å². The van der Waals surface area contributed by atoms with Crippen molar-refractivity contribution >= 4 is 11.7 Å². The molecule has 0 bridgehead atoms. The third-order valence-corrected chi connectivity index (χ3v) is 8.83. The molecule has 1 N–H and O–H groups in total. The fourth-order valence-electron chi connectivity index (χ4n) is 6.43. The molecule has 43 heavy (non-hydrogen) atoms. The number of hydrogen-bond donors (Lipinski definition) is 1. The second-order valence-corrected chi connectivity index (χ2v) is 13.0. The van der Waals surface area contributed by atoms with Gasteiger partial charge in [0, 0.05) is 36.3 Å². The summed E-state index contributed by atoms with van der Waals surface area (Å²) in [6, 6.07) is 13.8. The molecule has 0 unspecified atom stereocenters. The molecular formula is C35H42F2N2O4. The second kappa shape index (κ2) is 12.6. The van der Waals surface area contributed by atoms with Gasteiger partial charge >= 0.3 is 5.97 Å². The Kier molecular flexibility index (Phi) is 9.07. The molecule has 5 rings (SSSR count). The van der Waals surface area contributed by atoms with Crippen molar-refractivity contribution in [2.24, 2.45) is 5.41 Å². The highest BCUT2D eigenvalue weighted by Gasteiger charge is 2.42. The van der Waals surface area contributed by atoms with Gasteiger partial charge in [-0.3, -0.25) is 4.98 Å². The molecule has 0 amide bonds. The van der Waals surface area contributed by atoms with Crippen molar-refractivity contribution in [2.75, 3.05) is 24.6 Å². The minimum atomic E-state index is -1.26. The van der Waals surface area contributed by atoms with Gasteiger partial charge in [0.1, 0.15) is 18.2 Å². The molecule has 0 radical (unpaired) electrons. The SMILES string of the molecule is Cc1nc(CF)c(-c2ccc(OCCc3ccc(F)cc3)cc2)c(N2CCC3(CCC3)CC2)c1[C@H](OC(C)(C)C)C(=O)O. The van der Waals surface area contributed by atoms with Crippen molar-refractivity contribution in [3.8, 4) is 16.9 Å². The maximum Gasteiger partial charge on any atom is 0.337 e. The summed E-state index contributed by atoms with van der Waals surface area (Å²) in [5.41, 5.74) is 3.91. The highest BCUT2D eigenvalue weighted by Crippen LogP contribution is 2.51. The number of halogens is 2. The smallest absolute Gasteiger partial charge is 0.337 e. The first-order valence-corrected chi connectivity index (χ1v) is 15.2. The van der Waals surface area contributed by atoms with Gasteiger partial charge < -0.3 is 19.5 Å². The first-order valence-electron chi connectivity index (χ1n) is 15.2. The van der Waals surface area contributed by atoms with Crippen molar-refractivity contribution < 1.29 is 28.2 Å². The molecule has 8 heteroatoms. The minimum Gasteiger partial charge on any atom is -0.493 e. The highest BCUT2D eigenvalue weighted by molar-refractivity contribution is 5.88. The lowest BCUT2D eigenvalue weighted by Crippen LogP contribution is -2.44. The molecule has 2 heterocycles. The third kappa shape index (κ3) is 7.01. The van der Waals surface area contributed by atoms with Gasteiger partial charge in [-0.1, -0.05) is 30.7 Å². The minimum absolute atomic E-state index is 0.271. The van der Waals surface area contributed by atoms with E-state index in [1.807, 2.05) is 45.0 Å². The van der Waals surface area contributed by atoms with E-state index in [2.05, 4.69) is 9.88 Å². The molecule has 1 spiro atoms. The zero-order chi connectivity index (χ0) is 30.8. The third-order valence-electron chi connectivity index (χ3n) is 8.83. The number of pyridine rings is 1. The molecule has 1 aliphatic carbocycles. The number of carboxylic acids is 1. The van der Waals surface area contributed by atoms with Gasteiger partial charge in [-0.15, -0.1) is 0 Å². The van der Waals surface area contributed by atoms with E-state index in [0.717, 1.165) is 37.1 Å². The first-order chi connectivity index (χ1) is 20.5. The van der Waals surface area contributed by atoms with Gasteiger partial charge in [0.2, 0.25) is 0 Å². The van der Waals surface area contributed by atoms with Crippen LogP contribution in [0.4, 0.5) is 14.5 Å². The molecule has 1 aliphatic heterocycles. The van der Waals surface area contributed by atoms with E-state index in [1.54, 1.807) is 19.1 Å². The van der Waals surface area contributed by atoms with Crippen molar-refractivity contribution in [3.63, 3.8) is 0 Å². The standard InChI is InChI=1S/C35H42F2N2O4/c1-23-29(32(33(40)41)43-34(2,3)4)31(39-19-17-35(18-20-39)15-5-16-35)30(28(22-36)38-23)25-8-12-27(13-9-25)42-21-14-24-6-10-26(37)11-7-24/h6-13,32H,5,14-22H2,1-4H3,(H,40,41)/t32-/m0/s1. The van der Waals surface area contributed by atoms with Crippen molar-refractivity contribution in [3.05, 3.63) is 76.9 Å². The summed E-state index contributed by atoms with van der Waals surface area (Å²) >= 11 is 0. The van der Waals surface area contributed by atoms with Crippen LogP contribution in [0.3, 0.4) is 0 Å². The van der Waals surface area contributed by atoms with Gasteiger partial charge in [-0.25, -0.2) is 13.6 Å². The molecule has 6 nitrogen and oxygen atoms in total. The molecule has 3 aromatic rings. The Bertz CT molecular complexity index is 1420. The molecule has 1 saturated heterocycles. The fraction of sp³-hybridized carbons (Fsp3) is 0.486. The molecule has 230 valence electrons. The lowest BCUT2D eigenvalue weighted by atomic mass is 9.63. The van der Waals surface area contributed by atoms with Crippen LogP contribution in [0.1, 0.15) is 81.5 Å². The number of piperidine rings is 1. The van der Waals surface area contributed by atoms with E-state index in [0.29, 0.717) is 46.7 Å². The zero-order valence-corrected chi connectivity index (χ0v) is 25.6. The van der Waals surface area contributed by atoms with Gasteiger partial charge in [0.15, 0.2) is 6.10 Å². The number of benzene rings is 2. The maximum atomic E-state index is 14.7. The number of hydrogen-bond acceptors (Lipinski definition) is 5. The summed E-state index contributed by atoms with van der Waals surface area (Å²) in [4.78, 5) is 19.6. The summed E-state index contributed by atoms with van der Waals surface area (Å²) in [6.45, 7) is 8.41. The Hall–Kier alpha value is -3.52. The number of alkyl halides is 1. The van der Waals surface area contributed by atoms with Crippen molar-refractivity contribution in [1.29, 1.82) is 0 Å². The Balaban J connectivity index is 1.51. The van der Waals surface area contributed by atoms with Crippen LogP contribution in [-0.4, -0.2) is 41.4 Å². The summed E-state index contributed by atoms with van der Waals surface area (Å²) in [5.74, 6) is -0.718. The van der Waals surface area contributed by atoms with Gasteiger partial charge in [0.05, 0.1) is 23.6 Å². The summed E-state index contributed by atoms with van der Waals surface area (Å²) in [6.07, 6.45) is 5.15.